The average Bonchev–Trinajstić information content (AvgIpc) is 2.37. The fourth-order valence-corrected chi connectivity index (χ4v) is 1.98. The lowest BCUT2D eigenvalue weighted by Crippen LogP contribution is -2.20. The molecule has 0 amide bonds. The minimum absolute atomic E-state index is 0.117. The van der Waals surface area contributed by atoms with Gasteiger partial charge in [-0.25, -0.2) is 0 Å². The fourth-order valence-electron chi connectivity index (χ4n) is 1.78. The molecule has 0 fully saturated rings. The number of thiol groups is 1. The minimum Gasteiger partial charge on any atom is -0.389 e. The van der Waals surface area contributed by atoms with Gasteiger partial charge in [0.2, 0.25) is 0 Å². The Labute approximate surface area is 103 Å². The highest BCUT2D eigenvalue weighted by molar-refractivity contribution is 7.80. The summed E-state index contributed by atoms with van der Waals surface area (Å²) in [4.78, 5) is 14.5. The maximum absolute atomic E-state index is 11.6. The molecular weight excluding hydrogens is 238 g/mol. The summed E-state index contributed by atoms with van der Waals surface area (Å²) in [6.45, 7) is 0. The van der Waals surface area contributed by atoms with Crippen LogP contribution in [-0.2, 0) is 0 Å². The molecule has 0 spiro atoms. The Morgan fingerprint density at radius 2 is 2.06 bits per heavy atom. The Morgan fingerprint density at radius 3 is 2.76 bits per heavy atom. The second-order valence-electron chi connectivity index (χ2n) is 3.81. The largest absolute Gasteiger partial charge is 0.389 e. The van der Waals surface area contributed by atoms with Crippen LogP contribution in [0.15, 0.2) is 35.3 Å². The lowest BCUT2D eigenvalue weighted by atomic mass is 10.0. The van der Waals surface area contributed by atoms with E-state index in [-0.39, 0.29) is 11.2 Å². The predicted molar refractivity (Wildman–Crippen MR) is 69.4 cm³/mol. The van der Waals surface area contributed by atoms with E-state index >= 15 is 0 Å². The van der Waals surface area contributed by atoms with Gasteiger partial charge in [-0.05, 0) is 6.07 Å². The molecule has 2 unspecified atom stereocenters. The number of para-hydroxylation sites is 1. The highest BCUT2D eigenvalue weighted by Gasteiger charge is 2.19. The molecule has 2 aromatic rings. The van der Waals surface area contributed by atoms with Gasteiger partial charge in [0.15, 0.2) is 5.43 Å². The van der Waals surface area contributed by atoms with Crippen molar-refractivity contribution in [3.8, 4) is 0 Å². The number of H-pyrrole nitrogens is 1. The van der Waals surface area contributed by atoms with E-state index in [1.807, 2.05) is 0 Å². The van der Waals surface area contributed by atoms with Crippen LogP contribution in [0.4, 0.5) is 0 Å². The first kappa shape index (κ1) is 12.2. The second kappa shape index (κ2) is 4.91. The van der Waals surface area contributed by atoms with Crippen molar-refractivity contribution in [2.75, 3.05) is 5.75 Å². The summed E-state index contributed by atoms with van der Waals surface area (Å²) in [5.74, 6) is 0.147. The van der Waals surface area contributed by atoms with Gasteiger partial charge in [-0.3, -0.25) is 4.79 Å². The van der Waals surface area contributed by atoms with E-state index in [0.29, 0.717) is 16.5 Å². The molecule has 1 aromatic heterocycles. The van der Waals surface area contributed by atoms with Crippen molar-refractivity contribution in [2.45, 2.75) is 12.2 Å². The molecule has 2 rings (SSSR count). The fraction of sp³-hybridized carbons (Fsp3) is 0.250. The number of benzene rings is 1. The lowest BCUT2D eigenvalue weighted by Gasteiger charge is -2.17. The van der Waals surface area contributed by atoms with E-state index in [2.05, 4.69) is 17.6 Å². The van der Waals surface area contributed by atoms with E-state index in [1.165, 1.54) is 12.3 Å². The van der Waals surface area contributed by atoms with Gasteiger partial charge in [-0.15, -0.1) is 0 Å². The molecule has 0 radical (unpaired) electrons. The minimum atomic E-state index is -1.06. The summed E-state index contributed by atoms with van der Waals surface area (Å²) in [6.07, 6.45) is -0.504. The number of aromatic amines is 1. The Morgan fingerprint density at radius 1 is 1.29 bits per heavy atom. The van der Waals surface area contributed by atoms with Crippen molar-refractivity contribution < 1.29 is 10.2 Å². The Balaban J connectivity index is 2.63. The van der Waals surface area contributed by atoms with Crippen LogP contribution in [0.25, 0.3) is 10.9 Å². The van der Waals surface area contributed by atoms with Gasteiger partial charge in [0, 0.05) is 29.0 Å². The maximum Gasteiger partial charge on any atom is 0.189 e. The number of aliphatic hydroxyl groups is 2. The number of aromatic nitrogens is 1. The van der Waals surface area contributed by atoms with Crippen LogP contribution in [0.1, 0.15) is 11.7 Å². The van der Waals surface area contributed by atoms with Gasteiger partial charge in [0.05, 0.1) is 11.6 Å². The number of aliphatic hydroxyl groups excluding tert-OH is 2. The van der Waals surface area contributed by atoms with Crippen molar-refractivity contribution in [3.05, 3.63) is 46.2 Å². The number of hydrogen-bond donors (Lipinski definition) is 4. The van der Waals surface area contributed by atoms with Crippen LogP contribution >= 0.6 is 12.6 Å². The molecule has 3 N–H and O–H groups in total. The van der Waals surface area contributed by atoms with Crippen molar-refractivity contribution in [3.63, 3.8) is 0 Å². The Hall–Kier alpha value is -1.30. The van der Waals surface area contributed by atoms with E-state index < -0.39 is 12.2 Å². The van der Waals surface area contributed by atoms with Crippen LogP contribution in [0.2, 0.25) is 0 Å². The van der Waals surface area contributed by atoms with Gasteiger partial charge >= 0.3 is 0 Å². The average molecular weight is 251 g/mol. The molecule has 0 aliphatic rings. The van der Waals surface area contributed by atoms with Crippen LogP contribution in [0, 0.1) is 0 Å². The van der Waals surface area contributed by atoms with Crippen molar-refractivity contribution in [1.82, 2.24) is 4.98 Å². The summed E-state index contributed by atoms with van der Waals surface area (Å²) < 4.78 is 0. The molecule has 0 bridgehead atoms. The molecule has 0 saturated carbocycles. The third-order valence-corrected chi connectivity index (χ3v) is 3.07. The topological polar surface area (TPSA) is 73.3 Å². The molecule has 1 aromatic carbocycles. The maximum atomic E-state index is 11.6. The van der Waals surface area contributed by atoms with Crippen LogP contribution in [-0.4, -0.2) is 27.1 Å². The first-order chi connectivity index (χ1) is 8.15. The normalized spacial score (nSPS) is 14.8. The molecule has 2 atom stereocenters. The number of pyridine rings is 1. The SMILES string of the molecule is O=c1cc[nH]c2c(C(O)C(O)CS)cccc12. The van der Waals surface area contributed by atoms with Crippen LogP contribution in [0.3, 0.4) is 0 Å². The summed E-state index contributed by atoms with van der Waals surface area (Å²) in [5.41, 5.74) is 0.934. The van der Waals surface area contributed by atoms with Crippen LogP contribution in [0.5, 0.6) is 0 Å². The first-order valence-electron chi connectivity index (χ1n) is 5.22. The standard InChI is InChI=1S/C12H13NO3S/c14-9-4-5-13-11-7(9)2-1-3-8(11)12(16)10(15)6-17/h1-5,10,12,15-17H,6H2,(H,13,14). The van der Waals surface area contributed by atoms with Crippen molar-refractivity contribution >= 4 is 23.5 Å². The molecule has 17 heavy (non-hydrogen) atoms. The quantitative estimate of drug-likeness (QED) is 0.611. The molecule has 1 heterocycles. The monoisotopic (exact) mass is 251 g/mol. The smallest absolute Gasteiger partial charge is 0.189 e. The number of rotatable bonds is 3. The molecule has 5 heteroatoms. The third-order valence-electron chi connectivity index (χ3n) is 2.69. The van der Waals surface area contributed by atoms with E-state index in [0.717, 1.165) is 0 Å². The Bertz CT molecular complexity index is 581. The van der Waals surface area contributed by atoms with E-state index in [4.69, 9.17) is 0 Å². The van der Waals surface area contributed by atoms with Crippen molar-refractivity contribution in [2.24, 2.45) is 0 Å². The van der Waals surface area contributed by atoms with Gasteiger partial charge < -0.3 is 15.2 Å². The van der Waals surface area contributed by atoms with Gasteiger partial charge in [-0.1, -0.05) is 12.1 Å². The van der Waals surface area contributed by atoms with Gasteiger partial charge in [-0.2, -0.15) is 12.6 Å². The van der Waals surface area contributed by atoms with E-state index in [1.54, 1.807) is 18.2 Å². The van der Waals surface area contributed by atoms with Gasteiger partial charge in [0.1, 0.15) is 6.10 Å². The van der Waals surface area contributed by atoms with Crippen LogP contribution < -0.4 is 5.43 Å². The molecule has 4 nitrogen and oxygen atoms in total. The highest BCUT2D eigenvalue weighted by Crippen LogP contribution is 2.23. The summed E-state index contributed by atoms with van der Waals surface area (Å²) in [5, 5.41) is 20.0. The molecule has 90 valence electrons. The summed E-state index contributed by atoms with van der Waals surface area (Å²) >= 11 is 3.94. The predicted octanol–water partition coefficient (Wildman–Crippen LogP) is 0.852. The Kier molecular flexibility index (Phi) is 3.51. The molecule has 0 aliphatic heterocycles. The first-order valence-corrected chi connectivity index (χ1v) is 5.85. The molecule has 0 saturated heterocycles. The molecular formula is C12H13NO3S. The number of hydrogen-bond acceptors (Lipinski definition) is 4. The number of fused-ring (bicyclic) bond motifs is 1. The summed E-state index contributed by atoms with van der Waals surface area (Å²) in [6, 6.07) is 6.46. The molecule has 0 aliphatic carbocycles. The third kappa shape index (κ3) is 2.22. The zero-order valence-electron chi connectivity index (χ0n) is 9.00. The van der Waals surface area contributed by atoms with Gasteiger partial charge in [0.25, 0.3) is 0 Å². The highest BCUT2D eigenvalue weighted by atomic mass is 32.1. The van der Waals surface area contributed by atoms with E-state index in [9.17, 15) is 15.0 Å². The van der Waals surface area contributed by atoms with Crippen molar-refractivity contribution in [1.29, 1.82) is 0 Å². The number of nitrogens with one attached hydrogen (secondary N) is 1. The summed E-state index contributed by atoms with van der Waals surface area (Å²) in [7, 11) is 0. The zero-order valence-corrected chi connectivity index (χ0v) is 9.89. The second-order valence-corrected chi connectivity index (χ2v) is 4.17. The zero-order chi connectivity index (χ0) is 12.4. The lowest BCUT2D eigenvalue weighted by molar-refractivity contribution is 0.0346.